The number of hydrogen-bond donors (Lipinski definition) is 0. The molecule has 6 heteroatoms. The topological polar surface area (TPSA) is 78.9 Å². The molecule has 72 heavy (non-hydrogen) atoms. The Morgan fingerprint density at radius 2 is 0.542 bits per heavy atom. The number of unbranched alkanes of at least 4 members (excludes halogenated alkanes) is 27. The SMILES string of the molecule is CC/C=C\C/C=C\C/C=C\C/C=C\C/C=C\C/C=C\CCCCC(=O)OC(COC(=O)CCCCCCCCCCCC)COC(=O)CCCCCCCCCCCCC/C=C\C/C=C\CCCCCCC. The fraction of sp³-hybridized carbons (Fsp3) is 0.712. The van der Waals surface area contributed by atoms with Crippen molar-refractivity contribution in [3.63, 3.8) is 0 Å². The Morgan fingerprint density at radius 3 is 0.875 bits per heavy atom. The molecule has 0 aromatic heterocycles. The van der Waals surface area contributed by atoms with Crippen LogP contribution in [0.2, 0.25) is 0 Å². The van der Waals surface area contributed by atoms with E-state index < -0.39 is 6.10 Å². The van der Waals surface area contributed by atoms with Gasteiger partial charge in [0.15, 0.2) is 6.10 Å². The van der Waals surface area contributed by atoms with Gasteiger partial charge in [-0.05, 0) is 103 Å². The smallest absolute Gasteiger partial charge is 0.306 e. The number of rotatable bonds is 54. The van der Waals surface area contributed by atoms with Gasteiger partial charge in [-0.15, -0.1) is 0 Å². The van der Waals surface area contributed by atoms with Crippen molar-refractivity contribution in [2.45, 2.75) is 290 Å². The number of hydrogen-bond acceptors (Lipinski definition) is 6. The highest BCUT2D eigenvalue weighted by Gasteiger charge is 2.19. The fourth-order valence-electron chi connectivity index (χ4n) is 8.30. The van der Waals surface area contributed by atoms with Crippen molar-refractivity contribution in [2.24, 2.45) is 0 Å². The summed E-state index contributed by atoms with van der Waals surface area (Å²) in [5.74, 6) is -0.936. The Kier molecular flexibility index (Phi) is 56.8. The third-order valence-corrected chi connectivity index (χ3v) is 12.8. The predicted molar refractivity (Wildman–Crippen MR) is 311 cm³/mol. The van der Waals surface area contributed by atoms with Crippen LogP contribution in [0.25, 0.3) is 0 Å². The maximum absolute atomic E-state index is 12.9. The third kappa shape index (κ3) is 57.2. The van der Waals surface area contributed by atoms with Crippen LogP contribution in [0, 0.1) is 0 Å². The maximum atomic E-state index is 12.9. The molecule has 0 fully saturated rings. The van der Waals surface area contributed by atoms with Crippen molar-refractivity contribution in [2.75, 3.05) is 13.2 Å². The molecule has 0 aromatic carbocycles. The largest absolute Gasteiger partial charge is 0.462 e. The molecule has 412 valence electrons. The zero-order valence-electron chi connectivity index (χ0n) is 47.2. The minimum atomic E-state index is -0.801. The lowest BCUT2D eigenvalue weighted by atomic mass is 10.0. The molecule has 0 saturated heterocycles. The van der Waals surface area contributed by atoms with Crippen molar-refractivity contribution in [1.82, 2.24) is 0 Å². The van der Waals surface area contributed by atoms with Crippen LogP contribution in [0.5, 0.6) is 0 Å². The second kappa shape index (κ2) is 59.9. The van der Waals surface area contributed by atoms with Crippen LogP contribution >= 0.6 is 0 Å². The van der Waals surface area contributed by atoms with Crippen molar-refractivity contribution >= 4 is 17.9 Å². The van der Waals surface area contributed by atoms with Crippen molar-refractivity contribution < 1.29 is 28.6 Å². The number of ether oxygens (including phenoxy) is 3. The summed E-state index contributed by atoms with van der Waals surface area (Å²) in [5.41, 5.74) is 0. The molecule has 0 aliphatic heterocycles. The molecule has 6 nitrogen and oxygen atoms in total. The first kappa shape index (κ1) is 68.3. The Hall–Kier alpha value is -3.67. The average molecular weight is 1000 g/mol. The monoisotopic (exact) mass is 1000 g/mol. The predicted octanol–water partition coefficient (Wildman–Crippen LogP) is 20.5. The molecule has 0 rings (SSSR count). The summed E-state index contributed by atoms with van der Waals surface area (Å²) in [7, 11) is 0. The Balaban J connectivity index is 4.36. The number of esters is 3. The highest BCUT2D eigenvalue weighted by Crippen LogP contribution is 2.15. The molecule has 0 aromatic rings. The highest BCUT2D eigenvalue weighted by molar-refractivity contribution is 5.71. The van der Waals surface area contributed by atoms with Gasteiger partial charge in [0, 0.05) is 19.3 Å². The number of allylic oxidation sites excluding steroid dienone is 16. The van der Waals surface area contributed by atoms with Gasteiger partial charge in [-0.3, -0.25) is 14.4 Å². The Morgan fingerprint density at radius 1 is 0.292 bits per heavy atom. The third-order valence-electron chi connectivity index (χ3n) is 12.8. The first-order chi connectivity index (χ1) is 35.5. The normalized spacial score (nSPS) is 12.8. The van der Waals surface area contributed by atoms with Crippen molar-refractivity contribution in [3.8, 4) is 0 Å². The van der Waals surface area contributed by atoms with E-state index in [0.29, 0.717) is 19.3 Å². The standard InChI is InChI=1S/C66H112O6/c1-4-7-10-13-16-19-22-24-26-28-30-32-33-35-36-38-40-42-44-47-50-53-56-59-65(68)71-62-63(61-70-64(67)58-55-52-49-46-21-18-15-12-9-6-3)72-66(69)60-57-54-51-48-45-43-41-39-37-34-31-29-27-25-23-20-17-14-11-8-5-2/h8,11,17,20,22,24-25,27-28,30-31,34,39,41,45,48,63H,4-7,9-10,12-16,18-19,21,23,26,29,32-33,35-38,40,42-44,46-47,49-62H2,1-3H3/b11-8-,20-17-,24-22-,27-25-,30-28-,34-31-,41-39-,48-45-. The highest BCUT2D eigenvalue weighted by atomic mass is 16.6. The van der Waals surface area contributed by atoms with E-state index in [1.54, 1.807) is 0 Å². The van der Waals surface area contributed by atoms with Gasteiger partial charge < -0.3 is 14.2 Å². The average Bonchev–Trinajstić information content (AvgIpc) is 3.38. The quantitative estimate of drug-likeness (QED) is 0.0261. The van der Waals surface area contributed by atoms with Crippen LogP contribution in [0.15, 0.2) is 97.2 Å². The van der Waals surface area contributed by atoms with Crippen LogP contribution in [-0.4, -0.2) is 37.2 Å². The van der Waals surface area contributed by atoms with Gasteiger partial charge in [0.05, 0.1) is 0 Å². The van der Waals surface area contributed by atoms with Crippen LogP contribution in [0.1, 0.15) is 284 Å². The van der Waals surface area contributed by atoms with Crippen LogP contribution < -0.4 is 0 Å². The van der Waals surface area contributed by atoms with Gasteiger partial charge >= 0.3 is 17.9 Å². The fourth-order valence-corrected chi connectivity index (χ4v) is 8.30. The zero-order valence-corrected chi connectivity index (χ0v) is 47.2. The summed E-state index contributed by atoms with van der Waals surface area (Å²) in [5, 5.41) is 0. The first-order valence-corrected chi connectivity index (χ1v) is 30.2. The molecule has 0 aliphatic rings. The molecular weight excluding hydrogens is 889 g/mol. The van der Waals surface area contributed by atoms with E-state index in [1.807, 2.05) is 0 Å². The van der Waals surface area contributed by atoms with E-state index in [9.17, 15) is 14.4 Å². The van der Waals surface area contributed by atoms with Crippen LogP contribution in [-0.2, 0) is 28.6 Å². The summed E-state index contributed by atoms with van der Waals surface area (Å²) >= 11 is 0. The molecule has 0 radical (unpaired) electrons. The second-order valence-electron chi connectivity index (χ2n) is 19.9. The molecule has 1 atom stereocenters. The maximum Gasteiger partial charge on any atom is 0.306 e. The lowest BCUT2D eigenvalue weighted by Crippen LogP contribution is -2.30. The second-order valence-corrected chi connectivity index (χ2v) is 19.9. The van der Waals surface area contributed by atoms with Crippen LogP contribution in [0.4, 0.5) is 0 Å². The molecule has 0 bridgehead atoms. The van der Waals surface area contributed by atoms with E-state index in [-0.39, 0.29) is 37.5 Å². The molecule has 0 heterocycles. The Labute approximate surface area is 445 Å². The lowest BCUT2D eigenvalue weighted by molar-refractivity contribution is -0.167. The number of carbonyl (C=O) groups excluding carboxylic acids is 3. The van der Waals surface area contributed by atoms with Crippen molar-refractivity contribution in [3.05, 3.63) is 97.2 Å². The van der Waals surface area contributed by atoms with E-state index >= 15 is 0 Å². The van der Waals surface area contributed by atoms with Gasteiger partial charge in [0.2, 0.25) is 0 Å². The first-order valence-electron chi connectivity index (χ1n) is 30.2. The molecule has 1 unspecified atom stereocenters. The summed E-state index contributed by atoms with van der Waals surface area (Å²) in [4.78, 5) is 38.1. The van der Waals surface area contributed by atoms with Crippen LogP contribution in [0.3, 0.4) is 0 Å². The van der Waals surface area contributed by atoms with E-state index in [2.05, 4.69) is 118 Å². The van der Waals surface area contributed by atoms with Gasteiger partial charge in [0.1, 0.15) is 13.2 Å². The van der Waals surface area contributed by atoms with Gasteiger partial charge in [-0.25, -0.2) is 0 Å². The molecule has 0 aliphatic carbocycles. The van der Waals surface area contributed by atoms with E-state index in [4.69, 9.17) is 14.2 Å². The summed E-state index contributed by atoms with van der Waals surface area (Å²) < 4.78 is 16.8. The molecular formula is C66H112O6. The summed E-state index contributed by atoms with van der Waals surface area (Å²) in [6, 6.07) is 0. The zero-order chi connectivity index (χ0) is 52.2. The molecule has 0 amide bonds. The summed E-state index contributed by atoms with van der Waals surface area (Å²) in [6.45, 7) is 6.48. The lowest BCUT2D eigenvalue weighted by Gasteiger charge is -2.18. The minimum Gasteiger partial charge on any atom is -0.462 e. The number of carbonyl (C=O) groups is 3. The van der Waals surface area contributed by atoms with E-state index in [1.165, 1.54) is 141 Å². The summed E-state index contributed by atoms with van der Waals surface area (Å²) in [6.07, 6.45) is 79.8. The van der Waals surface area contributed by atoms with Gasteiger partial charge in [-0.1, -0.05) is 259 Å². The van der Waals surface area contributed by atoms with E-state index in [0.717, 1.165) is 96.3 Å². The van der Waals surface area contributed by atoms with Crippen molar-refractivity contribution in [1.29, 1.82) is 0 Å². The minimum absolute atomic E-state index is 0.0943. The Bertz CT molecular complexity index is 1430. The molecule has 0 spiro atoms. The van der Waals surface area contributed by atoms with Gasteiger partial charge in [-0.2, -0.15) is 0 Å². The molecule has 0 N–H and O–H groups in total. The molecule has 0 saturated carbocycles. The van der Waals surface area contributed by atoms with Gasteiger partial charge in [0.25, 0.3) is 0 Å².